The molecule has 3 aromatic carbocycles. The van der Waals surface area contributed by atoms with Crippen LogP contribution in [0.5, 0.6) is 0 Å². The van der Waals surface area contributed by atoms with E-state index in [-0.39, 0.29) is 25.4 Å². The molecule has 1 saturated heterocycles. The van der Waals surface area contributed by atoms with E-state index in [1.54, 1.807) is 0 Å². The summed E-state index contributed by atoms with van der Waals surface area (Å²) in [5.74, 6) is -0.665. The fraction of sp³-hybridized carbons (Fsp3) is 0.558. The normalized spacial score (nSPS) is 17.8. The van der Waals surface area contributed by atoms with Crippen LogP contribution in [0.1, 0.15) is 132 Å². The molecule has 0 radical (unpaired) electrons. The Morgan fingerprint density at radius 3 is 1.94 bits per heavy atom. The van der Waals surface area contributed by atoms with E-state index in [1.165, 1.54) is 77.0 Å². The number of hydrogen-bond acceptors (Lipinski definition) is 5. The molecule has 1 fully saturated rings. The first-order chi connectivity index (χ1) is 25.2. The Morgan fingerprint density at radius 1 is 0.769 bits per heavy atom. The number of amides is 1. The molecular formula is C43H59Cl3N2O4. The quantitative estimate of drug-likeness (QED) is 0.0786. The van der Waals surface area contributed by atoms with E-state index in [9.17, 15) is 9.90 Å². The number of nitrogens with one attached hydrogen (secondary N) is 1. The molecule has 1 heterocycles. The molecule has 4 rings (SSSR count). The predicted molar refractivity (Wildman–Crippen MR) is 216 cm³/mol. The van der Waals surface area contributed by atoms with Crippen LogP contribution in [0.25, 0.3) is 11.1 Å². The Labute approximate surface area is 327 Å². The van der Waals surface area contributed by atoms with Crippen LogP contribution in [-0.2, 0) is 27.4 Å². The largest absolute Gasteiger partial charge is 0.392 e. The zero-order valence-corrected chi connectivity index (χ0v) is 33.4. The molecule has 6 nitrogen and oxygen atoms in total. The van der Waals surface area contributed by atoms with E-state index in [0.29, 0.717) is 0 Å². The number of unbranched alkanes of at least 4 members (excludes halogenated alkanes) is 10. The van der Waals surface area contributed by atoms with Gasteiger partial charge in [-0.25, -0.2) is 0 Å². The number of ether oxygens (including phenoxy) is 2. The van der Waals surface area contributed by atoms with Crippen molar-refractivity contribution in [2.75, 3.05) is 19.6 Å². The van der Waals surface area contributed by atoms with E-state index >= 15 is 0 Å². The first-order valence-electron chi connectivity index (χ1n) is 19.5. The van der Waals surface area contributed by atoms with E-state index < -0.39 is 16.0 Å². The maximum Gasteiger partial charge on any atom is 0.272 e. The molecule has 1 aliphatic rings. The standard InChI is InChI=1S/C43H59Cl3N2O4/c1-3-5-7-9-11-15-27-48(28-16-12-10-8-6-4-2)31-38-29-40(35-21-19-33(32-49)20-22-35)52-41(51-38)36-25-23-34(24-26-36)39-18-14-13-17-37(39)30-47-42(50)43(44,45)46/h13-14,17-26,38,40-41,49H,3-12,15-16,27-32H2,1-2H3,(H,47,50)/t38-,40+,41+/m0/s1. The second-order valence-corrected chi connectivity index (χ2v) is 16.4. The van der Waals surface area contributed by atoms with Gasteiger partial charge in [0, 0.05) is 25.1 Å². The molecule has 3 aromatic rings. The van der Waals surface area contributed by atoms with Gasteiger partial charge in [-0.3, -0.25) is 4.79 Å². The molecule has 0 unspecified atom stereocenters. The predicted octanol–water partition coefficient (Wildman–Crippen LogP) is 11.4. The molecule has 0 saturated carbocycles. The Morgan fingerprint density at radius 2 is 1.35 bits per heavy atom. The third-order valence-corrected chi connectivity index (χ3v) is 10.5. The van der Waals surface area contributed by atoms with E-state index in [2.05, 4.69) is 60.5 Å². The molecule has 286 valence electrons. The lowest BCUT2D eigenvalue weighted by atomic mass is 9.97. The molecule has 0 aromatic heterocycles. The van der Waals surface area contributed by atoms with Crippen molar-refractivity contribution in [1.82, 2.24) is 10.2 Å². The zero-order valence-electron chi connectivity index (χ0n) is 31.1. The number of hydrogen-bond donors (Lipinski definition) is 2. The highest BCUT2D eigenvalue weighted by Crippen LogP contribution is 2.39. The summed E-state index contributed by atoms with van der Waals surface area (Å²) in [6.45, 7) is 7.85. The molecule has 1 amide bonds. The lowest BCUT2D eigenvalue weighted by molar-refractivity contribution is -0.253. The van der Waals surface area contributed by atoms with Crippen molar-refractivity contribution in [3.8, 4) is 11.1 Å². The van der Waals surface area contributed by atoms with E-state index in [0.717, 1.165) is 59.4 Å². The number of carbonyl (C=O) groups is 1. The summed E-state index contributed by atoms with van der Waals surface area (Å²) in [6, 6.07) is 24.2. The summed E-state index contributed by atoms with van der Waals surface area (Å²) in [5.41, 5.74) is 5.81. The monoisotopic (exact) mass is 772 g/mol. The van der Waals surface area contributed by atoms with Gasteiger partial charge in [-0.2, -0.15) is 0 Å². The maximum atomic E-state index is 12.2. The minimum absolute atomic E-state index is 0.00313. The van der Waals surface area contributed by atoms with Crippen LogP contribution in [0.2, 0.25) is 0 Å². The summed E-state index contributed by atoms with van der Waals surface area (Å²) in [7, 11) is 0. The molecule has 3 atom stereocenters. The molecule has 0 bridgehead atoms. The average molecular weight is 774 g/mol. The van der Waals surface area contributed by atoms with E-state index in [4.69, 9.17) is 44.3 Å². The third-order valence-electron chi connectivity index (χ3n) is 9.94. The molecule has 2 N–H and O–H groups in total. The lowest BCUT2D eigenvalue weighted by Gasteiger charge is -2.38. The maximum absolute atomic E-state index is 12.2. The lowest BCUT2D eigenvalue weighted by Crippen LogP contribution is -2.40. The minimum Gasteiger partial charge on any atom is -0.392 e. The van der Waals surface area contributed by atoms with Gasteiger partial charge >= 0.3 is 0 Å². The van der Waals surface area contributed by atoms with Crippen LogP contribution in [0.15, 0.2) is 72.8 Å². The molecule has 0 spiro atoms. The minimum atomic E-state index is -2.02. The van der Waals surface area contributed by atoms with Crippen molar-refractivity contribution in [3.05, 3.63) is 95.1 Å². The highest BCUT2D eigenvalue weighted by atomic mass is 35.6. The first-order valence-corrected chi connectivity index (χ1v) is 20.6. The Balaban J connectivity index is 1.50. The number of aliphatic hydroxyl groups is 1. The SMILES string of the molecule is CCCCCCCCN(CCCCCCCC)C[C@@H]1C[C@H](c2ccc(CO)cc2)O[C@H](c2ccc(-c3ccccc3CNC(=O)C(Cl)(Cl)Cl)cc2)O1. The summed E-state index contributed by atoms with van der Waals surface area (Å²) in [5, 5.41) is 12.4. The van der Waals surface area contributed by atoms with Crippen molar-refractivity contribution in [1.29, 1.82) is 0 Å². The van der Waals surface area contributed by atoms with Crippen molar-refractivity contribution in [2.45, 2.75) is 133 Å². The highest BCUT2D eigenvalue weighted by Gasteiger charge is 2.33. The highest BCUT2D eigenvalue weighted by molar-refractivity contribution is 6.76. The van der Waals surface area contributed by atoms with Crippen LogP contribution < -0.4 is 5.32 Å². The second-order valence-electron chi connectivity index (χ2n) is 14.1. The van der Waals surface area contributed by atoms with Crippen LogP contribution in [0.4, 0.5) is 0 Å². The van der Waals surface area contributed by atoms with Crippen molar-refractivity contribution >= 4 is 40.7 Å². The van der Waals surface area contributed by atoms with Gasteiger partial charge in [-0.05, 0) is 53.7 Å². The van der Waals surface area contributed by atoms with Crippen LogP contribution in [-0.4, -0.2) is 45.4 Å². The number of nitrogens with zero attached hydrogens (tertiary/aromatic N) is 1. The number of alkyl halides is 3. The van der Waals surface area contributed by atoms with Gasteiger partial charge in [-0.15, -0.1) is 0 Å². The van der Waals surface area contributed by atoms with Crippen LogP contribution >= 0.6 is 34.8 Å². The fourth-order valence-corrected chi connectivity index (χ4v) is 7.10. The van der Waals surface area contributed by atoms with Crippen molar-refractivity contribution in [3.63, 3.8) is 0 Å². The van der Waals surface area contributed by atoms with Gasteiger partial charge in [0.1, 0.15) is 0 Å². The van der Waals surface area contributed by atoms with Crippen molar-refractivity contribution < 1.29 is 19.4 Å². The number of rotatable bonds is 22. The number of halogens is 3. The third kappa shape index (κ3) is 14.2. The van der Waals surface area contributed by atoms with Gasteiger partial charge in [0.15, 0.2) is 6.29 Å². The smallest absolute Gasteiger partial charge is 0.272 e. The Hall–Kier alpha value is -2.16. The Kier molecular flexibility index (Phi) is 18.8. The average Bonchev–Trinajstić information content (AvgIpc) is 3.16. The summed E-state index contributed by atoms with van der Waals surface area (Å²) >= 11 is 17.3. The summed E-state index contributed by atoms with van der Waals surface area (Å²) in [4.78, 5) is 14.9. The van der Waals surface area contributed by atoms with Gasteiger partial charge in [0.2, 0.25) is 0 Å². The second kappa shape index (κ2) is 22.9. The van der Waals surface area contributed by atoms with Crippen LogP contribution in [0.3, 0.4) is 0 Å². The molecule has 52 heavy (non-hydrogen) atoms. The topological polar surface area (TPSA) is 71.0 Å². The first kappa shape index (κ1) is 42.6. The van der Waals surface area contributed by atoms with Gasteiger partial charge in [-0.1, -0.05) is 186 Å². The summed E-state index contributed by atoms with van der Waals surface area (Å²) in [6.07, 6.45) is 15.6. The van der Waals surface area contributed by atoms with Crippen LogP contribution in [0, 0.1) is 0 Å². The summed E-state index contributed by atoms with van der Waals surface area (Å²) < 4.78 is 11.5. The van der Waals surface area contributed by atoms with Crippen molar-refractivity contribution in [2.24, 2.45) is 0 Å². The number of benzene rings is 3. The van der Waals surface area contributed by atoms with Gasteiger partial charge < -0.3 is 24.8 Å². The molecule has 1 aliphatic heterocycles. The number of aliphatic hydroxyl groups excluding tert-OH is 1. The zero-order chi connectivity index (χ0) is 37.2. The Bertz CT molecular complexity index is 1430. The van der Waals surface area contributed by atoms with E-state index in [1.807, 2.05) is 36.4 Å². The van der Waals surface area contributed by atoms with Gasteiger partial charge in [0.25, 0.3) is 9.70 Å². The number of carbonyl (C=O) groups excluding carboxylic acids is 1. The molecule has 0 aliphatic carbocycles. The van der Waals surface area contributed by atoms with Gasteiger partial charge in [0.05, 0.1) is 18.8 Å². The molecular weight excluding hydrogens is 715 g/mol. The molecule has 9 heteroatoms. The fourth-order valence-electron chi connectivity index (χ4n) is 6.90.